The van der Waals surface area contributed by atoms with Gasteiger partial charge in [-0.3, -0.25) is 9.59 Å². The lowest BCUT2D eigenvalue weighted by molar-refractivity contribution is -0.154. The lowest BCUT2D eigenvalue weighted by atomic mass is 10.1. The van der Waals surface area contributed by atoms with Crippen LogP contribution >= 0.6 is 0 Å². The Hall–Kier alpha value is -1.88. The summed E-state index contributed by atoms with van der Waals surface area (Å²) in [5.41, 5.74) is 1.04. The smallest absolute Gasteiger partial charge is 0.246 e. The molecule has 0 aliphatic carbocycles. The van der Waals surface area contributed by atoms with Crippen molar-refractivity contribution in [1.82, 2.24) is 9.80 Å². The molecule has 2 saturated heterocycles. The zero-order chi connectivity index (χ0) is 14.1. The summed E-state index contributed by atoms with van der Waals surface area (Å²) in [5.74, 6) is 0.0538. The molecule has 2 fully saturated rings. The summed E-state index contributed by atoms with van der Waals surface area (Å²) in [5, 5.41) is 0. The topological polar surface area (TPSA) is 49.9 Å². The van der Waals surface area contributed by atoms with Gasteiger partial charge in [0.25, 0.3) is 0 Å². The van der Waals surface area contributed by atoms with Gasteiger partial charge in [0.2, 0.25) is 11.8 Å². The Bertz CT molecular complexity index is 517. The third kappa shape index (κ3) is 2.29. The van der Waals surface area contributed by atoms with Crippen molar-refractivity contribution in [3.8, 4) is 0 Å². The average molecular weight is 274 g/mol. The maximum atomic E-state index is 12.5. The second kappa shape index (κ2) is 5.25. The Morgan fingerprint density at radius 2 is 2.00 bits per heavy atom. The van der Waals surface area contributed by atoms with E-state index in [0.717, 1.165) is 5.56 Å². The van der Waals surface area contributed by atoms with E-state index < -0.39 is 0 Å². The molecule has 106 valence electrons. The number of carbonyl (C=O) groups excluding carboxylic acids is 2. The summed E-state index contributed by atoms with van der Waals surface area (Å²) in [7, 11) is 1.62. The summed E-state index contributed by atoms with van der Waals surface area (Å²) in [6, 6.07) is 9.41. The minimum atomic E-state index is -0.343. The van der Waals surface area contributed by atoms with Gasteiger partial charge in [0.05, 0.1) is 6.10 Å². The second-order valence-corrected chi connectivity index (χ2v) is 5.34. The Morgan fingerprint density at radius 3 is 2.70 bits per heavy atom. The van der Waals surface area contributed by atoms with Crippen molar-refractivity contribution in [2.24, 2.45) is 0 Å². The molecule has 2 atom stereocenters. The number of amides is 2. The van der Waals surface area contributed by atoms with Crippen LogP contribution in [-0.4, -0.2) is 54.0 Å². The lowest BCUT2D eigenvalue weighted by Gasteiger charge is -2.36. The van der Waals surface area contributed by atoms with E-state index in [1.54, 1.807) is 16.9 Å². The lowest BCUT2D eigenvalue weighted by Crippen LogP contribution is -2.56. The van der Waals surface area contributed by atoms with Crippen molar-refractivity contribution < 1.29 is 14.3 Å². The first-order chi connectivity index (χ1) is 9.69. The van der Waals surface area contributed by atoms with Crippen LogP contribution in [-0.2, 0) is 20.9 Å². The number of ether oxygens (including phenoxy) is 1. The van der Waals surface area contributed by atoms with Gasteiger partial charge < -0.3 is 14.5 Å². The number of rotatable bonds is 3. The highest BCUT2D eigenvalue weighted by atomic mass is 16.5. The predicted octanol–water partition coefficient (Wildman–Crippen LogP) is 0.645. The standard InChI is InChI=1S/C15H18N2O3/c1-20-12-7-13-15(19)16(10-14(18)17(13)9-12)8-11-5-3-2-4-6-11/h2-6,12-13H,7-10H2,1H3. The van der Waals surface area contributed by atoms with Crippen molar-refractivity contribution >= 4 is 11.8 Å². The third-order valence-corrected chi connectivity index (χ3v) is 4.06. The molecule has 2 unspecified atom stereocenters. The van der Waals surface area contributed by atoms with Crippen LogP contribution in [0.3, 0.4) is 0 Å². The molecular weight excluding hydrogens is 256 g/mol. The third-order valence-electron chi connectivity index (χ3n) is 4.06. The van der Waals surface area contributed by atoms with Gasteiger partial charge in [-0.25, -0.2) is 0 Å². The highest BCUT2D eigenvalue weighted by Crippen LogP contribution is 2.26. The Labute approximate surface area is 118 Å². The summed E-state index contributed by atoms with van der Waals surface area (Å²) in [6.07, 6.45) is 0.580. The molecule has 3 rings (SSSR count). The first-order valence-electron chi connectivity index (χ1n) is 6.84. The van der Waals surface area contributed by atoms with Crippen molar-refractivity contribution in [3.05, 3.63) is 35.9 Å². The number of fused-ring (bicyclic) bond motifs is 1. The second-order valence-electron chi connectivity index (χ2n) is 5.34. The van der Waals surface area contributed by atoms with E-state index in [2.05, 4.69) is 0 Å². The maximum Gasteiger partial charge on any atom is 0.246 e. The van der Waals surface area contributed by atoms with Crippen LogP contribution in [0.25, 0.3) is 0 Å². The van der Waals surface area contributed by atoms with Gasteiger partial charge in [-0.05, 0) is 5.56 Å². The molecule has 0 N–H and O–H groups in total. The normalized spacial score (nSPS) is 26.1. The molecule has 0 radical (unpaired) electrons. The van der Waals surface area contributed by atoms with Crippen molar-refractivity contribution in [2.75, 3.05) is 20.2 Å². The highest BCUT2D eigenvalue weighted by Gasteiger charge is 2.45. The Balaban J connectivity index is 1.75. The molecule has 5 heteroatoms. The monoisotopic (exact) mass is 274 g/mol. The minimum absolute atomic E-state index is 0.0186. The van der Waals surface area contributed by atoms with Crippen LogP contribution in [0.4, 0.5) is 0 Å². The van der Waals surface area contributed by atoms with E-state index in [1.807, 2.05) is 30.3 Å². The number of nitrogens with zero attached hydrogens (tertiary/aromatic N) is 2. The quantitative estimate of drug-likeness (QED) is 0.813. The molecule has 0 spiro atoms. The fourth-order valence-electron chi connectivity index (χ4n) is 2.96. The fourth-order valence-corrected chi connectivity index (χ4v) is 2.96. The van der Waals surface area contributed by atoms with E-state index in [1.165, 1.54) is 0 Å². The molecule has 2 aliphatic heterocycles. The molecule has 1 aromatic carbocycles. The molecule has 0 aromatic heterocycles. The maximum absolute atomic E-state index is 12.5. The molecule has 0 bridgehead atoms. The number of carbonyl (C=O) groups is 2. The molecule has 20 heavy (non-hydrogen) atoms. The van der Waals surface area contributed by atoms with Gasteiger partial charge in [-0.15, -0.1) is 0 Å². The van der Waals surface area contributed by atoms with Crippen LogP contribution in [0.5, 0.6) is 0 Å². The zero-order valence-corrected chi connectivity index (χ0v) is 11.5. The summed E-state index contributed by atoms with van der Waals surface area (Å²) in [6.45, 7) is 1.19. The molecular formula is C15H18N2O3. The van der Waals surface area contributed by atoms with E-state index >= 15 is 0 Å². The van der Waals surface area contributed by atoms with E-state index in [0.29, 0.717) is 19.5 Å². The summed E-state index contributed by atoms with van der Waals surface area (Å²) in [4.78, 5) is 28.0. The predicted molar refractivity (Wildman–Crippen MR) is 72.8 cm³/mol. The molecule has 2 amide bonds. The van der Waals surface area contributed by atoms with Crippen LogP contribution in [0, 0.1) is 0 Å². The van der Waals surface area contributed by atoms with Gasteiger partial charge >= 0.3 is 0 Å². The minimum Gasteiger partial charge on any atom is -0.380 e. The summed E-state index contributed by atoms with van der Waals surface area (Å²) < 4.78 is 5.29. The first kappa shape index (κ1) is 13.1. The van der Waals surface area contributed by atoms with Crippen molar-refractivity contribution in [1.29, 1.82) is 0 Å². The van der Waals surface area contributed by atoms with E-state index in [4.69, 9.17) is 4.74 Å². The van der Waals surface area contributed by atoms with Gasteiger partial charge in [0.15, 0.2) is 0 Å². The molecule has 1 aromatic rings. The summed E-state index contributed by atoms with van der Waals surface area (Å²) >= 11 is 0. The van der Waals surface area contributed by atoms with Crippen molar-refractivity contribution in [2.45, 2.75) is 25.1 Å². The fraction of sp³-hybridized carbons (Fsp3) is 0.467. The Morgan fingerprint density at radius 1 is 1.25 bits per heavy atom. The number of benzene rings is 1. The molecule has 5 nitrogen and oxygen atoms in total. The van der Waals surface area contributed by atoms with Gasteiger partial charge in [-0.2, -0.15) is 0 Å². The van der Waals surface area contributed by atoms with Gasteiger partial charge in [0.1, 0.15) is 12.6 Å². The van der Waals surface area contributed by atoms with Crippen LogP contribution in [0.15, 0.2) is 30.3 Å². The highest BCUT2D eigenvalue weighted by molar-refractivity contribution is 5.95. The van der Waals surface area contributed by atoms with Crippen LogP contribution in [0.2, 0.25) is 0 Å². The first-order valence-corrected chi connectivity index (χ1v) is 6.84. The van der Waals surface area contributed by atoms with Crippen LogP contribution in [0.1, 0.15) is 12.0 Å². The van der Waals surface area contributed by atoms with E-state index in [-0.39, 0.29) is 30.5 Å². The zero-order valence-electron chi connectivity index (χ0n) is 11.5. The van der Waals surface area contributed by atoms with Gasteiger partial charge in [-0.1, -0.05) is 30.3 Å². The molecule has 0 saturated carbocycles. The molecule has 2 heterocycles. The molecule has 2 aliphatic rings. The number of hydrogen-bond acceptors (Lipinski definition) is 3. The van der Waals surface area contributed by atoms with E-state index in [9.17, 15) is 9.59 Å². The average Bonchev–Trinajstić information content (AvgIpc) is 2.91. The van der Waals surface area contributed by atoms with Crippen molar-refractivity contribution in [3.63, 3.8) is 0 Å². The SMILES string of the molecule is COC1CC2C(=O)N(Cc3ccccc3)CC(=O)N2C1. The number of methoxy groups -OCH3 is 1. The number of piperazine rings is 1. The largest absolute Gasteiger partial charge is 0.380 e. The number of hydrogen-bond donors (Lipinski definition) is 0. The Kier molecular flexibility index (Phi) is 3.44. The van der Waals surface area contributed by atoms with Gasteiger partial charge in [0, 0.05) is 26.6 Å². The van der Waals surface area contributed by atoms with Crippen LogP contribution < -0.4 is 0 Å².